The van der Waals surface area contributed by atoms with E-state index in [2.05, 4.69) is 22.9 Å². The quantitative estimate of drug-likeness (QED) is 0.735. The summed E-state index contributed by atoms with van der Waals surface area (Å²) in [5.74, 6) is 0.369. The molecule has 0 amide bonds. The maximum Gasteiger partial charge on any atom is 0.123 e. The monoisotopic (exact) mass is 314 g/mol. The first-order chi connectivity index (χ1) is 8.67. The molecule has 0 N–H and O–H groups in total. The van der Waals surface area contributed by atoms with Crippen molar-refractivity contribution in [2.24, 2.45) is 5.92 Å². The molecule has 3 unspecified atom stereocenters. The molecule has 1 aliphatic rings. The zero-order chi connectivity index (χ0) is 13.0. The van der Waals surface area contributed by atoms with E-state index in [9.17, 15) is 4.39 Å². The van der Waals surface area contributed by atoms with Crippen molar-refractivity contribution in [2.75, 3.05) is 5.33 Å². The maximum absolute atomic E-state index is 13.1. The van der Waals surface area contributed by atoms with Crippen molar-refractivity contribution >= 4 is 15.9 Å². The van der Waals surface area contributed by atoms with Crippen LogP contribution in [0.2, 0.25) is 0 Å². The summed E-state index contributed by atoms with van der Waals surface area (Å²) in [5.41, 5.74) is 1.07. The summed E-state index contributed by atoms with van der Waals surface area (Å²) < 4.78 is 19.0. The van der Waals surface area contributed by atoms with Crippen LogP contribution in [0.3, 0.4) is 0 Å². The Bertz CT molecular complexity index is 383. The van der Waals surface area contributed by atoms with Gasteiger partial charge < -0.3 is 4.74 Å². The molecule has 2 rings (SSSR count). The highest BCUT2D eigenvalue weighted by Gasteiger charge is 2.24. The molecule has 1 aromatic carbocycles. The molecule has 18 heavy (non-hydrogen) atoms. The summed E-state index contributed by atoms with van der Waals surface area (Å²) in [6.07, 6.45) is 5.09. The Morgan fingerprint density at radius 1 is 1.44 bits per heavy atom. The van der Waals surface area contributed by atoms with Crippen LogP contribution < -0.4 is 0 Å². The van der Waals surface area contributed by atoms with Gasteiger partial charge in [-0.05, 0) is 56.2 Å². The predicted octanol–water partition coefficient (Wildman–Crippen LogP) is 4.34. The number of alkyl halides is 1. The maximum atomic E-state index is 13.1. The van der Waals surface area contributed by atoms with E-state index in [1.54, 1.807) is 12.1 Å². The average Bonchev–Trinajstić information content (AvgIpc) is 2.74. The zero-order valence-corrected chi connectivity index (χ0v) is 12.3. The van der Waals surface area contributed by atoms with Crippen LogP contribution in [0.25, 0.3) is 0 Å². The van der Waals surface area contributed by atoms with Gasteiger partial charge in [0.25, 0.3) is 0 Å². The van der Waals surface area contributed by atoms with Gasteiger partial charge >= 0.3 is 0 Å². The van der Waals surface area contributed by atoms with Gasteiger partial charge in [0.15, 0.2) is 0 Å². The molecule has 1 heterocycles. The van der Waals surface area contributed by atoms with E-state index in [1.165, 1.54) is 12.5 Å². The van der Waals surface area contributed by atoms with Crippen molar-refractivity contribution in [3.63, 3.8) is 0 Å². The van der Waals surface area contributed by atoms with E-state index in [1.807, 2.05) is 6.07 Å². The van der Waals surface area contributed by atoms with Crippen molar-refractivity contribution in [1.29, 1.82) is 0 Å². The molecule has 100 valence electrons. The summed E-state index contributed by atoms with van der Waals surface area (Å²) >= 11 is 3.56. The molecule has 3 atom stereocenters. The van der Waals surface area contributed by atoms with Gasteiger partial charge in [-0.3, -0.25) is 0 Å². The molecule has 0 aromatic heterocycles. The Morgan fingerprint density at radius 2 is 2.28 bits per heavy atom. The van der Waals surface area contributed by atoms with Gasteiger partial charge in [-0.2, -0.15) is 0 Å². The summed E-state index contributed by atoms with van der Waals surface area (Å²) in [6.45, 7) is 2.13. The molecule has 1 aromatic rings. The van der Waals surface area contributed by atoms with Crippen molar-refractivity contribution in [1.82, 2.24) is 0 Å². The lowest BCUT2D eigenvalue weighted by Crippen LogP contribution is -2.17. The largest absolute Gasteiger partial charge is 0.375 e. The summed E-state index contributed by atoms with van der Waals surface area (Å²) in [7, 11) is 0. The molecule has 0 bridgehead atoms. The Balaban J connectivity index is 1.89. The van der Waals surface area contributed by atoms with Gasteiger partial charge in [-0.25, -0.2) is 4.39 Å². The smallest absolute Gasteiger partial charge is 0.123 e. The Morgan fingerprint density at radius 3 is 2.89 bits per heavy atom. The number of hydrogen-bond acceptors (Lipinski definition) is 1. The van der Waals surface area contributed by atoms with Crippen molar-refractivity contribution in [2.45, 2.75) is 44.8 Å². The van der Waals surface area contributed by atoms with Crippen molar-refractivity contribution < 1.29 is 9.13 Å². The van der Waals surface area contributed by atoms with Crippen molar-refractivity contribution in [3.05, 3.63) is 35.6 Å². The molecule has 0 spiro atoms. The van der Waals surface area contributed by atoms with Crippen LogP contribution in [-0.4, -0.2) is 17.5 Å². The topological polar surface area (TPSA) is 9.23 Å². The van der Waals surface area contributed by atoms with E-state index in [0.29, 0.717) is 18.1 Å². The van der Waals surface area contributed by atoms with Gasteiger partial charge in [0.1, 0.15) is 5.82 Å². The second kappa shape index (κ2) is 6.67. The number of benzene rings is 1. The highest BCUT2D eigenvalue weighted by Crippen LogP contribution is 2.27. The van der Waals surface area contributed by atoms with E-state index >= 15 is 0 Å². The molecule has 3 heteroatoms. The zero-order valence-electron chi connectivity index (χ0n) is 10.7. The Hall–Kier alpha value is -0.410. The van der Waals surface area contributed by atoms with E-state index in [0.717, 1.165) is 30.2 Å². The van der Waals surface area contributed by atoms with Crippen LogP contribution in [0.1, 0.15) is 31.7 Å². The number of halogens is 2. The molecular weight excluding hydrogens is 295 g/mol. The first-order valence-corrected chi connectivity index (χ1v) is 7.75. The van der Waals surface area contributed by atoms with E-state index < -0.39 is 0 Å². The van der Waals surface area contributed by atoms with Crippen LogP contribution in [0.15, 0.2) is 24.3 Å². The second-order valence-electron chi connectivity index (χ2n) is 5.24. The van der Waals surface area contributed by atoms with Gasteiger partial charge in [-0.15, -0.1) is 0 Å². The lowest BCUT2D eigenvalue weighted by molar-refractivity contribution is 0.0428. The minimum absolute atomic E-state index is 0.147. The molecule has 0 radical (unpaired) electrons. The van der Waals surface area contributed by atoms with Crippen LogP contribution in [-0.2, 0) is 11.2 Å². The van der Waals surface area contributed by atoms with Crippen LogP contribution in [0.5, 0.6) is 0 Å². The molecule has 1 nitrogen and oxygen atoms in total. The number of rotatable bonds is 5. The molecular formula is C15H20BrFO. The van der Waals surface area contributed by atoms with Crippen LogP contribution in [0.4, 0.5) is 4.39 Å². The highest BCUT2D eigenvalue weighted by atomic mass is 79.9. The third-order valence-corrected chi connectivity index (χ3v) is 4.46. The molecule has 1 aliphatic heterocycles. The SMILES string of the molecule is CC1CCC(CC(CBr)Cc2cccc(F)c2)O1. The van der Waals surface area contributed by atoms with Gasteiger partial charge in [0, 0.05) is 5.33 Å². The van der Waals surface area contributed by atoms with E-state index in [4.69, 9.17) is 4.74 Å². The fourth-order valence-electron chi connectivity index (χ4n) is 2.63. The van der Waals surface area contributed by atoms with Crippen LogP contribution >= 0.6 is 15.9 Å². The second-order valence-corrected chi connectivity index (χ2v) is 5.88. The third kappa shape index (κ3) is 4.06. The fourth-order valence-corrected chi connectivity index (χ4v) is 3.12. The number of hydrogen-bond donors (Lipinski definition) is 0. The number of ether oxygens (including phenoxy) is 1. The standard InChI is InChI=1S/C15H20BrFO/c1-11-5-6-15(18-11)9-13(10-16)7-12-3-2-4-14(17)8-12/h2-4,8,11,13,15H,5-7,9-10H2,1H3. The highest BCUT2D eigenvalue weighted by molar-refractivity contribution is 9.09. The Labute approximate surface area is 117 Å². The lowest BCUT2D eigenvalue weighted by atomic mass is 9.94. The van der Waals surface area contributed by atoms with Gasteiger partial charge in [0.05, 0.1) is 12.2 Å². The summed E-state index contributed by atoms with van der Waals surface area (Å²) in [6, 6.07) is 6.91. The summed E-state index contributed by atoms with van der Waals surface area (Å²) in [5, 5.41) is 0.942. The van der Waals surface area contributed by atoms with Crippen molar-refractivity contribution in [3.8, 4) is 0 Å². The molecule has 0 saturated carbocycles. The minimum atomic E-state index is -0.147. The first kappa shape index (κ1) is 14.0. The van der Waals surface area contributed by atoms with Gasteiger partial charge in [-0.1, -0.05) is 28.1 Å². The van der Waals surface area contributed by atoms with Crippen LogP contribution in [0, 0.1) is 11.7 Å². The molecule has 0 aliphatic carbocycles. The normalized spacial score (nSPS) is 25.3. The lowest BCUT2D eigenvalue weighted by Gasteiger charge is -2.19. The minimum Gasteiger partial charge on any atom is -0.375 e. The predicted molar refractivity (Wildman–Crippen MR) is 75.6 cm³/mol. The summed E-state index contributed by atoms with van der Waals surface area (Å²) in [4.78, 5) is 0. The molecule has 1 saturated heterocycles. The molecule has 1 fully saturated rings. The van der Waals surface area contributed by atoms with Gasteiger partial charge in [0.2, 0.25) is 0 Å². The fraction of sp³-hybridized carbons (Fsp3) is 0.600. The van der Waals surface area contributed by atoms with E-state index in [-0.39, 0.29) is 5.82 Å². The Kier molecular flexibility index (Phi) is 5.19. The third-order valence-electron chi connectivity index (χ3n) is 3.55. The average molecular weight is 315 g/mol. The first-order valence-electron chi connectivity index (χ1n) is 6.63.